The van der Waals surface area contributed by atoms with Crippen LogP contribution in [0.1, 0.15) is 32.6 Å². The van der Waals surface area contributed by atoms with Crippen molar-refractivity contribution in [1.82, 2.24) is 0 Å². The number of esters is 2. The molecule has 0 N–H and O–H groups in total. The first-order chi connectivity index (χ1) is 12.4. The number of methoxy groups -OCH3 is 2. The lowest BCUT2D eigenvalue weighted by molar-refractivity contribution is -0.166. The second-order valence-corrected chi connectivity index (χ2v) is 8.36. The third kappa shape index (κ3) is 3.28. The molecule has 0 aromatic heterocycles. The van der Waals surface area contributed by atoms with Crippen LogP contribution in [0.3, 0.4) is 0 Å². The van der Waals surface area contributed by atoms with Crippen molar-refractivity contribution in [2.75, 3.05) is 14.2 Å². The Bertz CT molecular complexity index is 779. The molecule has 1 aromatic rings. The number of allylic oxidation sites excluding steroid dienone is 1. The smallest absolute Gasteiger partial charge is 0.327 e. The minimum atomic E-state index is -3.79. The highest BCUT2D eigenvalue weighted by atomic mass is 32.2. The Hall–Kier alpha value is -2.15. The highest BCUT2D eigenvalue weighted by molar-refractivity contribution is 7.92. The third-order valence-corrected chi connectivity index (χ3v) is 7.10. The van der Waals surface area contributed by atoms with E-state index in [1.807, 2.05) is 0 Å². The van der Waals surface area contributed by atoms with E-state index in [1.165, 1.54) is 26.4 Å². The molecule has 2 rings (SSSR count). The Kier molecular flexibility index (Phi) is 6.23. The van der Waals surface area contributed by atoms with E-state index in [2.05, 4.69) is 0 Å². The average molecular weight is 380 g/mol. The first-order valence-electron chi connectivity index (χ1n) is 8.48. The van der Waals surface area contributed by atoms with Gasteiger partial charge in [-0.05, 0) is 37.5 Å². The minimum absolute atomic E-state index is 0.160. The summed E-state index contributed by atoms with van der Waals surface area (Å²) in [5, 5.41) is -0.990. The van der Waals surface area contributed by atoms with Crippen LogP contribution >= 0.6 is 0 Å². The molecular formula is C19H24O6S. The standard InChI is InChI=1S/C19H24O6S/c1-4-15-16(26(22,23)14-10-6-5-7-11-14)12-8-9-13-19(15,17(20)24-2)18(21)25-3/h4-7,10-11,16H,8-9,12-13H2,1-3H3/b15-4-. The lowest BCUT2D eigenvalue weighted by Gasteiger charge is -2.32. The zero-order valence-electron chi connectivity index (χ0n) is 15.2. The van der Waals surface area contributed by atoms with E-state index in [4.69, 9.17) is 9.47 Å². The van der Waals surface area contributed by atoms with E-state index in [0.29, 0.717) is 19.3 Å². The Balaban J connectivity index is 2.68. The van der Waals surface area contributed by atoms with Crippen molar-refractivity contribution in [3.8, 4) is 0 Å². The monoisotopic (exact) mass is 380 g/mol. The van der Waals surface area contributed by atoms with E-state index < -0.39 is 32.4 Å². The molecule has 6 nitrogen and oxygen atoms in total. The summed E-state index contributed by atoms with van der Waals surface area (Å²) < 4.78 is 36.3. The van der Waals surface area contributed by atoms with Gasteiger partial charge < -0.3 is 9.47 Å². The van der Waals surface area contributed by atoms with E-state index in [1.54, 1.807) is 31.2 Å². The Morgan fingerprint density at radius 3 is 2.15 bits per heavy atom. The fourth-order valence-electron chi connectivity index (χ4n) is 3.70. The van der Waals surface area contributed by atoms with Crippen molar-refractivity contribution in [3.05, 3.63) is 42.0 Å². The number of benzene rings is 1. The maximum atomic E-state index is 13.3. The number of hydrogen-bond donors (Lipinski definition) is 0. The highest BCUT2D eigenvalue weighted by Gasteiger charge is 2.56. The molecule has 26 heavy (non-hydrogen) atoms. The number of hydrogen-bond acceptors (Lipinski definition) is 6. The lowest BCUT2D eigenvalue weighted by Crippen LogP contribution is -2.46. The zero-order chi connectivity index (χ0) is 19.4. The van der Waals surface area contributed by atoms with Gasteiger partial charge in [-0.25, -0.2) is 8.42 Å². The van der Waals surface area contributed by atoms with Crippen LogP contribution in [-0.4, -0.2) is 39.8 Å². The molecule has 1 aliphatic rings. The second kappa shape index (κ2) is 8.03. The second-order valence-electron chi connectivity index (χ2n) is 6.22. The molecule has 0 bridgehead atoms. The summed E-state index contributed by atoms with van der Waals surface area (Å²) in [5.41, 5.74) is -1.50. The van der Waals surface area contributed by atoms with Crippen LogP contribution in [0.5, 0.6) is 0 Å². The molecule has 0 radical (unpaired) electrons. The van der Waals surface area contributed by atoms with E-state index in [9.17, 15) is 18.0 Å². The zero-order valence-corrected chi connectivity index (χ0v) is 16.0. The van der Waals surface area contributed by atoms with E-state index in [0.717, 1.165) is 0 Å². The average Bonchev–Trinajstić information content (AvgIpc) is 2.87. The van der Waals surface area contributed by atoms with Gasteiger partial charge in [-0.3, -0.25) is 9.59 Å². The topological polar surface area (TPSA) is 86.7 Å². The first-order valence-corrected chi connectivity index (χ1v) is 10.0. The fourth-order valence-corrected chi connectivity index (χ4v) is 5.71. The summed E-state index contributed by atoms with van der Waals surface area (Å²) >= 11 is 0. The maximum absolute atomic E-state index is 13.3. The van der Waals surface area contributed by atoms with Gasteiger partial charge in [0, 0.05) is 0 Å². The van der Waals surface area contributed by atoms with Gasteiger partial charge in [0.15, 0.2) is 15.3 Å². The number of carbonyl (C=O) groups excluding carboxylic acids is 2. The van der Waals surface area contributed by atoms with Gasteiger partial charge in [-0.1, -0.05) is 37.1 Å². The molecule has 1 atom stereocenters. The van der Waals surface area contributed by atoms with Gasteiger partial charge in [0.25, 0.3) is 0 Å². The Morgan fingerprint density at radius 2 is 1.65 bits per heavy atom. The van der Waals surface area contributed by atoms with E-state index in [-0.39, 0.29) is 16.9 Å². The van der Waals surface area contributed by atoms with Crippen LogP contribution in [-0.2, 0) is 28.9 Å². The molecular weight excluding hydrogens is 356 g/mol. The van der Waals surface area contributed by atoms with Gasteiger partial charge in [0.2, 0.25) is 0 Å². The van der Waals surface area contributed by atoms with Gasteiger partial charge in [-0.2, -0.15) is 0 Å². The lowest BCUT2D eigenvalue weighted by atomic mass is 9.75. The summed E-state index contributed by atoms with van der Waals surface area (Å²) in [7, 11) is -1.41. The molecule has 0 heterocycles. The van der Waals surface area contributed by atoms with Crippen LogP contribution in [0, 0.1) is 5.41 Å². The predicted molar refractivity (Wildman–Crippen MR) is 96.1 cm³/mol. The number of carbonyl (C=O) groups is 2. The molecule has 0 saturated heterocycles. The van der Waals surface area contributed by atoms with Crippen molar-refractivity contribution in [1.29, 1.82) is 0 Å². The van der Waals surface area contributed by atoms with Crippen LogP contribution < -0.4 is 0 Å². The van der Waals surface area contributed by atoms with Gasteiger partial charge >= 0.3 is 11.9 Å². The molecule has 1 saturated carbocycles. The molecule has 0 aliphatic heterocycles. The summed E-state index contributed by atoms with van der Waals surface area (Å²) in [6, 6.07) is 8.06. The van der Waals surface area contributed by atoms with Gasteiger partial charge in [-0.15, -0.1) is 0 Å². The molecule has 0 amide bonds. The summed E-state index contributed by atoms with van der Waals surface area (Å²) in [5.74, 6) is -1.57. The fraction of sp³-hybridized carbons (Fsp3) is 0.474. The Morgan fingerprint density at radius 1 is 1.08 bits per heavy atom. The van der Waals surface area contributed by atoms with Gasteiger partial charge in [0.05, 0.1) is 24.4 Å². The SMILES string of the molecule is C/C=C1/C(S(=O)(=O)c2ccccc2)CCCCC1(C(=O)OC)C(=O)OC. The van der Waals surface area contributed by atoms with Crippen LogP contribution in [0.4, 0.5) is 0 Å². The van der Waals surface area contributed by atoms with Crippen LogP contribution in [0.2, 0.25) is 0 Å². The third-order valence-electron chi connectivity index (χ3n) is 4.93. The largest absolute Gasteiger partial charge is 0.468 e. The molecule has 1 unspecified atom stereocenters. The van der Waals surface area contributed by atoms with Crippen molar-refractivity contribution < 1.29 is 27.5 Å². The summed E-state index contributed by atoms with van der Waals surface area (Å²) in [6.07, 6.45) is 3.12. The molecule has 142 valence electrons. The molecule has 0 spiro atoms. The number of rotatable bonds is 4. The first kappa shape index (κ1) is 20.2. The number of ether oxygens (including phenoxy) is 2. The maximum Gasteiger partial charge on any atom is 0.327 e. The summed E-state index contributed by atoms with van der Waals surface area (Å²) in [4.78, 5) is 25.5. The Labute approximate surface area is 154 Å². The normalized spacial score (nSPS) is 21.7. The van der Waals surface area contributed by atoms with Crippen molar-refractivity contribution in [2.24, 2.45) is 5.41 Å². The minimum Gasteiger partial charge on any atom is -0.468 e. The van der Waals surface area contributed by atoms with Crippen molar-refractivity contribution in [3.63, 3.8) is 0 Å². The molecule has 1 aromatic carbocycles. The molecule has 1 fully saturated rings. The molecule has 1 aliphatic carbocycles. The van der Waals surface area contributed by atoms with Gasteiger partial charge in [0.1, 0.15) is 0 Å². The summed E-state index contributed by atoms with van der Waals surface area (Å²) in [6.45, 7) is 1.63. The van der Waals surface area contributed by atoms with Crippen LogP contribution in [0.25, 0.3) is 0 Å². The van der Waals surface area contributed by atoms with Crippen molar-refractivity contribution >= 4 is 21.8 Å². The predicted octanol–water partition coefficient (Wildman–Crippen LogP) is 2.68. The highest BCUT2D eigenvalue weighted by Crippen LogP contribution is 2.45. The quantitative estimate of drug-likeness (QED) is 0.345. The number of sulfone groups is 1. The van der Waals surface area contributed by atoms with Crippen LogP contribution in [0.15, 0.2) is 46.9 Å². The van der Waals surface area contributed by atoms with E-state index >= 15 is 0 Å². The van der Waals surface area contributed by atoms with Crippen molar-refractivity contribution in [2.45, 2.75) is 42.8 Å². The molecule has 7 heteroatoms.